The molecule has 3 unspecified atom stereocenters. The minimum absolute atomic E-state index is 0.0370. The monoisotopic (exact) mass is 627 g/mol. The van der Waals surface area contributed by atoms with E-state index in [2.05, 4.69) is 140 Å². The standard InChI is InChI=1S/C47H49N/c1-46(2)44-15-9-8-14-41(44)42-27-26-40(32-45(42)46)48(38-22-18-34(19-23-38)43-31-33-16-17-35(43)30-33)39-24-20-37(21-25-39)47(28-10-3-4-11-29-47)36-12-6-5-7-13-36/h5-9,12-15,18-27,32-33,35,43H,3-4,10-11,16-17,28-31H2,1-2H3. The molecule has 242 valence electrons. The highest BCUT2D eigenvalue weighted by atomic mass is 15.1. The van der Waals surface area contributed by atoms with Crippen molar-refractivity contribution in [3.8, 4) is 11.1 Å². The summed E-state index contributed by atoms with van der Waals surface area (Å²) in [7, 11) is 0. The van der Waals surface area contributed by atoms with Crippen LogP contribution in [0.15, 0.2) is 121 Å². The van der Waals surface area contributed by atoms with Gasteiger partial charge in [-0.05, 0) is 125 Å². The first-order valence-corrected chi connectivity index (χ1v) is 18.8. The maximum atomic E-state index is 2.51. The molecule has 0 amide bonds. The Balaban J connectivity index is 1.13. The molecule has 4 aliphatic rings. The van der Waals surface area contributed by atoms with Crippen LogP contribution in [-0.4, -0.2) is 0 Å². The highest BCUT2D eigenvalue weighted by Gasteiger charge is 2.40. The number of anilines is 3. The third-order valence-electron chi connectivity index (χ3n) is 13.1. The number of fused-ring (bicyclic) bond motifs is 5. The molecule has 1 heteroatoms. The lowest BCUT2D eigenvalue weighted by molar-refractivity contribution is 0.420. The SMILES string of the molecule is CC1(C)c2ccccc2-c2ccc(N(c3ccc(C4CC5CCC4C5)cc3)c3ccc(C4(c5ccccc5)CCCCCC4)cc3)cc21. The van der Waals surface area contributed by atoms with Gasteiger partial charge in [-0.25, -0.2) is 0 Å². The molecular weight excluding hydrogens is 579 g/mol. The average Bonchev–Trinajstić information content (AvgIpc) is 3.76. The van der Waals surface area contributed by atoms with Crippen molar-refractivity contribution in [2.24, 2.45) is 11.8 Å². The highest BCUT2D eigenvalue weighted by Crippen LogP contribution is 2.54. The van der Waals surface area contributed by atoms with Gasteiger partial charge in [-0.3, -0.25) is 0 Å². The molecule has 48 heavy (non-hydrogen) atoms. The van der Waals surface area contributed by atoms with E-state index in [-0.39, 0.29) is 10.8 Å². The summed E-state index contributed by atoms with van der Waals surface area (Å²) >= 11 is 0. The van der Waals surface area contributed by atoms with Gasteiger partial charge in [0.15, 0.2) is 0 Å². The van der Waals surface area contributed by atoms with Crippen molar-refractivity contribution >= 4 is 17.1 Å². The molecule has 9 rings (SSSR count). The number of nitrogens with zero attached hydrogens (tertiary/aromatic N) is 1. The van der Waals surface area contributed by atoms with Crippen LogP contribution in [0.4, 0.5) is 17.1 Å². The molecular formula is C47H49N. The minimum Gasteiger partial charge on any atom is -0.310 e. The smallest absolute Gasteiger partial charge is 0.0465 e. The Morgan fingerprint density at radius 2 is 1.17 bits per heavy atom. The molecule has 0 saturated heterocycles. The molecule has 5 aromatic rings. The fourth-order valence-electron chi connectivity index (χ4n) is 10.6. The van der Waals surface area contributed by atoms with Crippen LogP contribution >= 0.6 is 0 Å². The van der Waals surface area contributed by atoms with Crippen LogP contribution < -0.4 is 4.90 Å². The minimum atomic E-state index is -0.0370. The zero-order valence-corrected chi connectivity index (χ0v) is 28.8. The van der Waals surface area contributed by atoms with Gasteiger partial charge < -0.3 is 4.90 Å². The van der Waals surface area contributed by atoms with Crippen LogP contribution in [0.25, 0.3) is 11.1 Å². The van der Waals surface area contributed by atoms with Crippen molar-refractivity contribution < 1.29 is 0 Å². The second-order valence-electron chi connectivity index (χ2n) is 16.0. The van der Waals surface area contributed by atoms with E-state index in [4.69, 9.17) is 0 Å². The van der Waals surface area contributed by atoms with Crippen LogP contribution in [0.3, 0.4) is 0 Å². The number of rotatable bonds is 6. The summed E-state index contributed by atoms with van der Waals surface area (Å²) in [6.07, 6.45) is 13.4. The van der Waals surface area contributed by atoms with Gasteiger partial charge in [0.05, 0.1) is 0 Å². The summed E-state index contributed by atoms with van der Waals surface area (Å²) in [5, 5.41) is 0. The normalized spacial score (nSPS) is 23.3. The Labute approximate surface area is 288 Å². The van der Waals surface area contributed by atoms with E-state index in [1.165, 1.54) is 115 Å². The summed E-state index contributed by atoms with van der Waals surface area (Å²) < 4.78 is 0. The molecule has 3 atom stereocenters. The first-order chi connectivity index (χ1) is 23.5. The lowest BCUT2D eigenvalue weighted by atomic mass is 9.69. The first kappa shape index (κ1) is 30.0. The third-order valence-corrected chi connectivity index (χ3v) is 13.1. The topological polar surface area (TPSA) is 3.24 Å². The van der Waals surface area contributed by atoms with Crippen molar-refractivity contribution in [3.05, 3.63) is 149 Å². The fraction of sp³-hybridized carbons (Fsp3) is 0.362. The zero-order chi connectivity index (χ0) is 32.3. The van der Waals surface area contributed by atoms with Crippen molar-refractivity contribution in [3.63, 3.8) is 0 Å². The quantitative estimate of drug-likeness (QED) is 0.169. The van der Waals surface area contributed by atoms with Gasteiger partial charge in [-0.2, -0.15) is 0 Å². The summed E-state index contributed by atoms with van der Waals surface area (Å²) in [4.78, 5) is 2.51. The van der Waals surface area contributed by atoms with Crippen molar-refractivity contribution in [1.82, 2.24) is 0 Å². The second-order valence-corrected chi connectivity index (χ2v) is 16.0. The molecule has 0 aliphatic heterocycles. The van der Waals surface area contributed by atoms with Gasteiger partial charge in [0, 0.05) is 27.9 Å². The number of hydrogen-bond donors (Lipinski definition) is 0. The Bertz CT molecular complexity index is 1910. The van der Waals surface area contributed by atoms with Crippen LogP contribution in [-0.2, 0) is 10.8 Å². The molecule has 5 aromatic carbocycles. The molecule has 2 bridgehead atoms. The van der Waals surface area contributed by atoms with E-state index in [1.807, 2.05) is 0 Å². The van der Waals surface area contributed by atoms with Gasteiger partial charge in [0.1, 0.15) is 0 Å². The van der Waals surface area contributed by atoms with Gasteiger partial charge in [0.2, 0.25) is 0 Å². The molecule has 0 spiro atoms. The summed E-state index contributed by atoms with van der Waals surface area (Å²) in [6, 6.07) is 47.0. The fourth-order valence-corrected chi connectivity index (χ4v) is 10.6. The van der Waals surface area contributed by atoms with Crippen LogP contribution in [0.2, 0.25) is 0 Å². The number of benzene rings is 5. The average molecular weight is 628 g/mol. The Morgan fingerprint density at radius 1 is 0.542 bits per heavy atom. The Morgan fingerprint density at radius 3 is 1.85 bits per heavy atom. The van der Waals surface area contributed by atoms with Crippen LogP contribution in [0, 0.1) is 11.8 Å². The predicted octanol–water partition coefficient (Wildman–Crippen LogP) is 13.0. The van der Waals surface area contributed by atoms with Gasteiger partial charge in [-0.1, -0.05) is 131 Å². The maximum Gasteiger partial charge on any atom is 0.0465 e. The second kappa shape index (κ2) is 11.8. The molecule has 1 nitrogen and oxygen atoms in total. The lowest BCUT2D eigenvalue weighted by Crippen LogP contribution is -2.27. The molecule has 0 heterocycles. The van der Waals surface area contributed by atoms with E-state index >= 15 is 0 Å². The van der Waals surface area contributed by atoms with E-state index < -0.39 is 0 Å². The van der Waals surface area contributed by atoms with Crippen molar-refractivity contribution in [1.29, 1.82) is 0 Å². The highest BCUT2D eigenvalue weighted by molar-refractivity contribution is 5.85. The lowest BCUT2D eigenvalue weighted by Gasteiger charge is -2.35. The van der Waals surface area contributed by atoms with Crippen molar-refractivity contribution in [2.45, 2.75) is 94.8 Å². The summed E-state index contributed by atoms with van der Waals surface area (Å²) in [6.45, 7) is 4.78. The van der Waals surface area contributed by atoms with Gasteiger partial charge in [0.25, 0.3) is 0 Å². The van der Waals surface area contributed by atoms with Crippen LogP contribution in [0.1, 0.15) is 112 Å². The van der Waals surface area contributed by atoms with Crippen LogP contribution in [0.5, 0.6) is 0 Å². The molecule has 0 N–H and O–H groups in total. The third kappa shape index (κ3) is 4.88. The van der Waals surface area contributed by atoms with E-state index in [0.29, 0.717) is 0 Å². The molecule has 0 radical (unpaired) electrons. The van der Waals surface area contributed by atoms with E-state index in [1.54, 1.807) is 5.56 Å². The Hall–Kier alpha value is -4.10. The molecule has 3 fully saturated rings. The summed E-state index contributed by atoms with van der Waals surface area (Å²) in [5.41, 5.74) is 13.9. The predicted molar refractivity (Wildman–Crippen MR) is 202 cm³/mol. The van der Waals surface area contributed by atoms with Gasteiger partial charge in [-0.15, -0.1) is 0 Å². The van der Waals surface area contributed by atoms with Gasteiger partial charge >= 0.3 is 0 Å². The van der Waals surface area contributed by atoms with E-state index in [0.717, 1.165) is 17.8 Å². The largest absolute Gasteiger partial charge is 0.310 e. The maximum absolute atomic E-state index is 2.51. The number of hydrogen-bond acceptors (Lipinski definition) is 1. The Kier molecular flexibility index (Phi) is 7.37. The van der Waals surface area contributed by atoms with Crippen molar-refractivity contribution in [2.75, 3.05) is 4.90 Å². The molecule has 4 aliphatic carbocycles. The summed E-state index contributed by atoms with van der Waals surface area (Å²) in [5.74, 6) is 2.60. The molecule has 3 saturated carbocycles. The zero-order valence-electron chi connectivity index (χ0n) is 28.8. The van der Waals surface area contributed by atoms with E-state index in [9.17, 15) is 0 Å². The molecule has 0 aromatic heterocycles. The first-order valence-electron chi connectivity index (χ1n) is 18.8.